The first kappa shape index (κ1) is 21.9. The Kier molecular flexibility index (Phi) is 6.87. The summed E-state index contributed by atoms with van der Waals surface area (Å²) >= 11 is 11.8. The maximum atomic E-state index is 12.8. The van der Waals surface area contributed by atoms with E-state index in [1.54, 1.807) is 6.92 Å². The Morgan fingerprint density at radius 2 is 1.82 bits per heavy atom. The van der Waals surface area contributed by atoms with E-state index in [0.717, 1.165) is 16.6 Å². The molecular formula is C17H17Cl2N3O5S. The van der Waals surface area contributed by atoms with Gasteiger partial charge in [-0.2, -0.15) is 0 Å². The Labute approximate surface area is 172 Å². The van der Waals surface area contributed by atoms with Crippen LogP contribution in [-0.2, 0) is 14.8 Å². The van der Waals surface area contributed by atoms with Crippen molar-refractivity contribution in [2.75, 3.05) is 15.9 Å². The van der Waals surface area contributed by atoms with Crippen molar-refractivity contribution in [3.05, 3.63) is 62.6 Å². The number of carbonyl (C=O) groups excluding carboxylic acids is 1. The van der Waals surface area contributed by atoms with Crippen molar-refractivity contribution in [1.29, 1.82) is 0 Å². The van der Waals surface area contributed by atoms with Crippen molar-refractivity contribution in [3.63, 3.8) is 0 Å². The van der Waals surface area contributed by atoms with E-state index in [-0.39, 0.29) is 17.8 Å². The molecule has 11 heteroatoms. The summed E-state index contributed by atoms with van der Waals surface area (Å²) in [6.07, 6.45) is 1.05. The minimum atomic E-state index is -3.93. The lowest BCUT2D eigenvalue weighted by molar-refractivity contribution is -0.384. The average Bonchev–Trinajstić information content (AvgIpc) is 2.57. The SMILES string of the molecule is CC[C@@H](C(=O)Nc1cc(Cl)cc(Cl)c1)N(c1cccc([N+](=O)[O-])c1)S(C)(=O)=O. The molecule has 28 heavy (non-hydrogen) atoms. The van der Waals surface area contributed by atoms with Gasteiger partial charge in [-0.3, -0.25) is 19.2 Å². The van der Waals surface area contributed by atoms with Crippen LogP contribution in [0.3, 0.4) is 0 Å². The van der Waals surface area contributed by atoms with Crippen LogP contribution in [0.4, 0.5) is 17.1 Å². The highest BCUT2D eigenvalue weighted by molar-refractivity contribution is 7.92. The fourth-order valence-electron chi connectivity index (χ4n) is 2.66. The van der Waals surface area contributed by atoms with Crippen molar-refractivity contribution in [3.8, 4) is 0 Å². The van der Waals surface area contributed by atoms with Gasteiger partial charge < -0.3 is 5.32 Å². The van der Waals surface area contributed by atoms with Gasteiger partial charge in [-0.15, -0.1) is 0 Å². The molecular weight excluding hydrogens is 429 g/mol. The van der Waals surface area contributed by atoms with Crippen molar-refractivity contribution >= 4 is 56.2 Å². The first-order valence-electron chi connectivity index (χ1n) is 8.03. The molecule has 150 valence electrons. The highest BCUT2D eigenvalue weighted by Gasteiger charge is 2.32. The number of sulfonamides is 1. The highest BCUT2D eigenvalue weighted by Crippen LogP contribution is 2.28. The van der Waals surface area contributed by atoms with E-state index in [1.807, 2.05) is 0 Å². The van der Waals surface area contributed by atoms with Gasteiger partial charge in [0, 0.05) is 27.9 Å². The third-order valence-corrected chi connectivity index (χ3v) is 5.37. The summed E-state index contributed by atoms with van der Waals surface area (Å²) in [6, 6.07) is 8.36. The van der Waals surface area contributed by atoms with E-state index in [1.165, 1.54) is 36.4 Å². The van der Waals surface area contributed by atoms with Crippen molar-refractivity contribution < 1.29 is 18.1 Å². The lowest BCUT2D eigenvalue weighted by Gasteiger charge is -2.30. The van der Waals surface area contributed by atoms with Gasteiger partial charge in [-0.05, 0) is 30.7 Å². The van der Waals surface area contributed by atoms with E-state index in [4.69, 9.17) is 23.2 Å². The van der Waals surface area contributed by atoms with E-state index in [2.05, 4.69) is 5.32 Å². The van der Waals surface area contributed by atoms with Crippen LogP contribution in [0.2, 0.25) is 10.0 Å². The van der Waals surface area contributed by atoms with Gasteiger partial charge in [0.15, 0.2) is 0 Å². The molecule has 0 radical (unpaired) electrons. The molecule has 0 fully saturated rings. The number of hydrogen-bond donors (Lipinski definition) is 1. The minimum absolute atomic E-state index is 0.0165. The average molecular weight is 446 g/mol. The fourth-order valence-corrected chi connectivity index (χ4v) is 4.39. The van der Waals surface area contributed by atoms with Crippen LogP contribution in [0.5, 0.6) is 0 Å². The Morgan fingerprint density at radius 3 is 2.32 bits per heavy atom. The number of carbonyl (C=O) groups is 1. The number of nitrogens with one attached hydrogen (secondary N) is 1. The largest absolute Gasteiger partial charge is 0.324 e. The number of amides is 1. The molecule has 0 heterocycles. The van der Waals surface area contributed by atoms with Crippen LogP contribution in [-0.4, -0.2) is 31.5 Å². The molecule has 2 aromatic carbocycles. The monoisotopic (exact) mass is 445 g/mol. The van der Waals surface area contributed by atoms with Gasteiger partial charge in [0.1, 0.15) is 6.04 Å². The second-order valence-corrected chi connectivity index (χ2v) is 8.64. The van der Waals surface area contributed by atoms with Crippen LogP contribution in [0, 0.1) is 10.1 Å². The molecule has 0 unspecified atom stereocenters. The van der Waals surface area contributed by atoms with Crippen LogP contribution < -0.4 is 9.62 Å². The zero-order valence-electron chi connectivity index (χ0n) is 14.9. The molecule has 1 atom stereocenters. The number of nitrogens with zero attached hydrogens (tertiary/aromatic N) is 2. The van der Waals surface area contributed by atoms with Crippen molar-refractivity contribution in [2.45, 2.75) is 19.4 Å². The normalized spacial score (nSPS) is 12.3. The first-order valence-corrected chi connectivity index (χ1v) is 10.6. The number of halogens is 2. The van der Waals surface area contributed by atoms with Gasteiger partial charge in [0.25, 0.3) is 5.69 Å². The Balaban J connectivity index is 2.44. The molecule has 8 nitrogen and oxygen atoms in total. The lowest BCUT2D eigenvalue weighted by atomic mass is 10.1. The van der Waals surface area contributed by atoms with E-state index in [0.29, 0.717) is 15.7 Å². The van der Waals surface area contributed by atoms with Crippen LogP contribution in [0.1, 0.15) is 13.3 Å². The van der Waals surface area contributed by atoms with Gasteiger partial charge in [0.2, 0.25) is 15.9 Å². The third-order valence-electron chi connectivity index (χ3n) is 3.75. The molecule has 2 rings (SSSR count). The Hall–Kier alpha value is -2.36. The Morgan fingerprint density at radius 1 is 1.21 bits per heavy atom. The molecule has 1 amide bonds. The number of benzene rings is 2. The number of nitro groups is 1. The second-order valence-electron chi connectivity index (χ2n) is 5.91. The van der Waals surface area contributed by atoms with Gasteiger partial charge >= 0.3 is 0 Å². The molecule has 0 bridgehead atoms. The summed E-state index contributed by atoms with van der Waals surface area (Å²) in [7, 11) is -3.93. The zero-order chi connectivity index (χ0) is 21.1. The maximum Gasteiger partial charge on any atom is 0.271 e. The number of hydrogen-bond acceptors (Lipinski definition) is 5. The molecule has 0 aliphatic heterocycles. The molecule has 1 N–H and O–H groups in total. The minimum Gasteiger partial charge on any atom is -0.324 e. The number of rotatable bonds is 7. The Bertz CT molecular complexity index is 993. The predicted octanol–water partition coefficient (Wildman–Crippen LogP) is 4.08. The maximum absolute atomic E-state index is 12.8. The molecule has 0 saturated carbocycles. The summed E-state index contributed by atoms with van der Waals surface area (Å²) < 4.78 is 25.7. The van der Waals surface area contributed by atoms with Gasteiger partial charge in [-0.1, -0.05) is 36.2 Å². The molecule has 0 aliphatic rings. The van der Waals surface area contributed by atoms with Gasteiger partial charge in [-0.25, -0.2) is 8.42 Å². The van der Waals surface area contributed by atoms with Crippen LogP contribution >= 0.6 is 23.2 Å². The quantitative estimate of drug-likeness (QED) is 0.509. The molecule has 0 spiro atoms. The topological polar surface area (TPSA) is 110 Å². The van der Waals surface area contributed by atoms with Crippen LogP contribution in [0.15, 0.2) is 42.5 Å². The second kappa shape index (κ2) is 8.76. The third kappa shape index (κ3) is 5.34. The molecule has 0 saturated heterocycles. The summed E-state index contributed by atoms with van der Waals surface area (Å²) in [6.45, 7) is 1.63. The smallest absolute Gasteiger partial charge is 0.271 e. The lowest BCUT2D eigenvalue weighted by Crippen LogP contribution is -2.47. The number of non-ortho nitro benzene ring substituents is 1. The van der Waals surface area contributed by atoms with E-state index < -0.39 is 26.9 Å². The zero-order valence-corrected chi connectivity index (χ0v) is 17.3. The number of nitro benzene ring substituents is 1. The fraction of sp³-hybridized carbons (Fsp3) is 0.235. The molecule has 2 aromatic rings. The van der Waals surface area contributed by atoms with E-state index in [9.17, 15) is 23.3 Å². The summed E-state index contributed by atoms with van der Waals surface area (Å²) in [5.41, 5.74) is 0.0271. The summed E-state index contributed by atoms with van der Waals surface area (Å²) in [5.74, 6) is -0.627. The van der Waals surface area contributed by atoms with Crippen LogP contribution in [0.25, 0.3) is 0 Å². The summed E-state index contributed by atoms with van der Waals surface area (Å²) in [4.78, 5) is 23.2. The summed E-state index contributed by atoms with van der Waals surface area (Å²) in [5, 5.41) is 14.2. The molecule has 0 aliphatic carbocycles. The van der Waals surface area contributed by atoms with Crippen molar-refractivity contribution in [1.82, 2.24) is 0 Å². The highest BCUT2D eigenvalue weighted by atomic mass is 35.5. The molecule has 0 aromatic heterocycles. The number of anilines is 2. The standard InChI is InChI=1S/C17H17Cl2N3O5S/c1-3-16(17(23)20-13-8-11(18)7-12(19)9-13)21(28(2,26)27)14-5-4-6-15(10-14)22(24)25/h4-10,16H,3H2,1-2H3,(H,20,23)/t16-/m0/s1. The first-order chi connectivity index (χ1) is 13.0. The van der Waals surface area contributed by atoms with Gasteiger partial charge in [0.05, 0.1) is 16.9 Å². The predicted molar refractivity (Wildman–Crippen MR) is 110 cm³/mol. The van der Waals surface area contributed by atoms with Crippen molar-refractivity contribution in [2.24, 2.45) is 0 Å². The van der Waals surface area contributed by atoms with E-state index >= 15 is 0 Å².